The molecule has 94 valence electrons. The summed E-state index contributed by atoms with van der Waals surface area (Å²) in [5.41, 5.74) is 0. The molecular weight excluding hydrogens is 263 g/mol. The predicted octanol–water partition coefficient (Wildman–Crippen LogP) is 2.04. The van der Waals surface area contributed by atoms with E-state index in [0.717, 1.165) is 19.5 Å². The number of halogens is 2. The van der Waals surface area contributed by atoms with Crippen LogP contribution in [0.2, 0.25) is 10.4 Å². The molecule has 1 aromatic rings. The smallest absolute Gasteiger partial charge is 0.245 e. The van der Waals surface area contributed by atoms with Crippen molar-refractivity contribution in [1.29, 1.82) is 0 Å². The van der Waals surface area contributed by atoms with E-state index in [2.05, 4.69) is 22.1 Å². The highest BCUT2D eigenvalue weighted by Gasteiger charge is 2.28. The lowest BCUT2D eigenvalue weighted by Gasteiger charge is -2.36. The molecule has 5 nitrogen and oxygen atoms in total. The van der Waals surface area contributed by atoms with Crippen molar-refractivity contribution in [2.45, 2.75) is 19.4 Å². The molecule has 0 spiro atoms. The zero-order valence-corrected chi connectivity index (χ0v) is 11.2. The number of nitrogens with zero attached hydrogens (tertiary/aromatic N) is 4. The van der Waals surface area contributed by atoms with Crippen LogP contribution >= 0.6 is 23.2 Å². The highest BCUT2D eigenvalue weighted by atomic mass is 35.5. The number of methoxy groups -OCH3 is 1. The van der Waals surface area contributed by atoms with Crippen molar-refractivity contribution in [2.24, 2.45) is 5.92 Å². The Bertz CT molecular complexity index is 404. The lowest BCUT2D eigenvalue weighted by molar-refractivity contribution is 0.0496. The van der Waals surface area contributed by atoms with E-state index in [0.29, 0.717) is 11.7 Å². The van der Waals surface area contributed by atoms with Crippen molar-refractivity contribution in [3.8, 4) is 0 Å². The summed E-state index contributed by atoms with van der Waals surface area (Å²) < 4.78 is 5.44. The molecule has 2 heterocycles. The molecule has 0 saturated carbocycles. The average Bonchev–Trinajstić information content (AvgIpc) is 2.33. The summed E-state index contributed by atoms with van der Waals surface area (Å²) in [7, 11) is 1.72. The summed E-state index contributed by atoms with van der Waals surface area (Å²) in [5, 5.41) is 7.75. The molecule has 0 aromatic carbocycles. The largest absolute Gasteiger partial charge is 0.379 e. The first-order valence-electron chi connectivity index (χ1n) is 5.45. The van der Waals surface area contributed by atoms with E-state index >= 15 is 0 Å². The second-order valence-corrected chi connectivity index (χ2v) is 4.88. The molecule has 2 rings (SSSR count). The van der Waals surface area contributed by atoms with Gasteiger partial charge in [-0.2, -0.15) is 4.98 Å². The minimum absolute atomic E-state index is 0.108. The van der Waals surface area contributed by atoms with Crippen LogP contribution in [0.25, 0.3) is 0 Å². The highest BCUT2D eigenvalue weighted by molar-refractivity contribution is 6.32. The van der Waals surface area contributed by atoms with E-state index in [9.17, 15) is 0 Å². The van der Waals surface area contributed by atoms with Crippen LogP contribution in [0.1, 0.15) is 13.3 Å². The number of piperidine rings is 1. The Hall–Kier alpha value is -0.650. The Labute approximate surface area is 110 Å². The summed E-state index contributed by atoms with van der Waals surface area (Å²) in [5.74, 6) is 1.11. The van der Waals surface area contributed by atoms with Crippen molar-refractivity contribution in [3.05, 3.63) is 10.4 Å². The third-order valence-corrected chi connectivity index (χ3v) is 3.50. The molecule has 2 unspecified atom stereocenters. The van der Waals surface area contributed by atoms with Gasteiger partial charge in [-0.05, 0) is 23.9 Å². The van der Waals surface area contributed by atoms with E-state index < -0.39 is 0 Å². The maximum absolute atomic E-state index is 5.98. The summed E-state index contributed by atoms with van der Waals surface area (Å²) in [4.78, 5) is 6.16. The monoisotopic (exact) mass is 276 g/mol. The van der Waals surface area contributed by atoms with Crippen molar-refractivity contribution in [1.82, 2.24) is 15.2 Å². The van der Waals surface area contributed by atoms with Crippen LogP contribution in [0, 0.1) is 5.92 Å². The standard InChI is InChI=1S/C10H14Cl2N4O/c1-6-3-4-16(5-7(6)17-2)9-8(11)14-15-10(12)13-9/h6-7H,3-5H2,1-2H3. The first kappa shape index (κ1) is 12.8. The van der Waals surface area contributed by atoms with Gasteiger partial charge in [0.1, 0.15) is 0 Å². The minimum atomic E-state index is 0.108. The van der Waals surface area contributed by atoms with Crippen LogP contribution in [0.15, 0.2) is 0 Å². The van der Waals surface area contributed by atoms with Gasteiger partial charge in [0, 0.05) is 20.2 Å². The third kappa shape index (κ3) is 2.78. The summed E-state index contributed by atoms with van der Waals surface area (Å²) in [6.45, 7) is 3.79. The van der Waals surface area contributed by atoms with Crippen LogP contribution in [0.4, 0.5) is 5.82 Å². The molecule has 0 N–H and O–H groups in total. The number of hydrogen-bond acceptors (Lipinski definition) is 5. The number of hydrogen-bond donors (Lipinski definition) is 0. The number of aromatic nitrogens is 3. The zero-order valence-electron chi connectivity index (χ0n) is 9.73. The quantitative estimate of drug-likeness (QED) is 0.828. The van der Waals surface area contributed by atoms with Crippen molar-refractivity contribution in [3.63, 3.8) is 0 Å². The Morgan fingerprint density at radius 3 is 2.82 bits per heavy atom. The maximum Gasteiger partial charge on any atom is 0.245 e. The molecule has 17 heavy (non-hydrogen) atoms. The van der Waals surface area contributed by atoms with E-state index in [1.54, 1.807) is 7.11 Å². The fourth-order valence-electron chi connectivity index (χ4n) is 2.02. The topological polar surface area (TPSA) is 51.1 Å². The molecule has 2 atom stereocenters. The fraction of sp³-hybridized carbons (Fsp3) is 0.700. The lowest BCUT2D eigenvalue weighted by atomic mass is 9.96. The first-order chi connectivity index (χ1) is 8.11. The number of rotatable bonds is 2. The molecule has 1 aliphatic rings. The Balaban J connectivity index is 2.20. The van der Waals surface area contributed by atoms with Gasteiger partial charge in [0.05, 0.1) is 6.10 Å². The van der Waals surface area contributed by atoms with E-state index in [4.69, 9.17) is 27.9 Å². The second-order valence-electron chi connectivity index (χ2n) is 4.18. The van der Waals surface area contributed by atoms with Crippen molar-refractivity contribution in [2.75, 3.05) is 25.1 Å². The van der Waals surface area contributed by atoms with Crippen LogP contribution < -0.4 is 4.90 Å². The highest BCUT2D eigenvalue weighted by Crippen LogP contribution is 2.27. The average molecular weight is 277 g/mol. The van der Waals surface area contributed by atoms with E-state index in [-0.39, 0.29) is 16.5 Å². The van der Waals surface area contributed by atoms with Crippen LogP contribution in [-0.4, -0.2) is 41.5 Å². The van der Waals surface area contributed by atoms with Crippen LogP contribution in [0.3, 0.4) is 0 Å². The van der Waals surface area contributed by atoms with Gasteiger partial charge in [-0.15, -0.1) is 10.2 Å². The SMILES string of the molecule is COC1CN(c2nc(Cl)nnc2Cl)CCC1C. The van der Waals surface area contributed by atoms with Gasteiger partial charge in [0.15, 0.2) is 11.0 Å². The van der Waals surface area contributed by atoms with Crippen LogP contribution in [0.5, 0.6) is 0 Å². The molecule has 1 fully saturated rings. The van der Waals surface area contributed by atoms with Gasteiger partial charge in [-0.3, -0.25) is 0 Å². The van der Waals surface area contributed by atoms with Gasteiger partial charge in [-0.1, -0.05) is 18.5 Å². The molecule has 1 aliphatic heterocycles. The Morgan fingerprint density at radius 1 is 1.35 bits per heavy atom. The van der Waals surface area contributed by atoms with E-state index in [1.165, 1.54) is 0 Å². The van der Waals surface area contributed by atoms with Crippen molar-refractivity contribution < 1.29 is 4.74 Å². The van der Waals surface area contributed by atoms with Gasteiger partial charge in [-0.25, -0.2) is 0 Å². The molecule has 0 amide bonds. The van der Waals surface area contributed by atoms with Crippen LogP contribution in [-0.2, 0) is 4.74 Å². The first-order valence-corrected chi connectivity index (χ1v) is 6.21. The summed E-state index contributed by atoms with van der Waals surface area (Å²) in [6.07, 6.45) is 1.20. The second kappa shape index (κ2) is 5.33. The summed E-state index contributed by atoms with van der Waals surface area (Å²) >= 11 is 11.7. The molecule has 0 bridgehead atoms. The molecule has 0 radical (unpaired) electrons. The van der Waals surface area contributed by atoms with Gasteiger partial charge in [0.25, 0.3) is 0 Å². The number of ether oxygens (including phenoxy) is 1. The van der Waals surface area contributed by atoms with Gasteiger partial charge >= 0.3 is 0 Å². The normalized spacial score (nSPS) is 25.1. The third-order valence-electron chi connectivity index (χ3n) is 3.09. The molecule has 0 aliphatic carbocycles. The van der Waals surface area contributed by atoms with Crippen molar-refractivity contribution >= 4 is 29.0 Å². The Kier molecular flexibility index (Phi) is 4.01. The molecular formula is C10H14Cl2N4O. The number of anilines is 1. The zero-order chi connectivity index (χ0) is 12.4. The van der Waals surface area contributed by atoms with Gasteiger partial charge in [0.2, 0.25) is 5.28 Å². The predicted molar refractivity (Wildman–Crippen MR) is 66.6 cm³/mol. The minimum Gasteiger partial charge on any atom is -0.379 e. The maximum atomic E-state index is 5.98. The Morgan fingerprint density at radius 2 is 2.12 bits per heavy atom. The van der Waals surface area contributed by atoms with E-state index in [1.807, 2.05) is 4.90 Å². The summed E-state index contributed by atoms with van der Waals surface area (Å²) in [6, 6.07) is 0. The van der Waals surface area contributed by atoms with Gasteiger partial charge < -0.3 is 9.64 Å². The molecule has 7 heteroatoms. The lowest BCUT2D eigenvalue weighted by Crippen LogP contribution is -2.44. The molecule has 1 saturated heterocycles. The fourth-order valence-corrected chi connectivity index (χ4v) is 2.34. The molecule has 1 aromatic heterocycles.